The first-order valence-electron chi connectivity index (χ1n) is 12.2. The van der Waals surface area contributed by atoms with Gasteiger partial charge in [-0.1, -0.05) is 12.1 Å². The van der Waals surface area contributed by atoms with Crippen molar-refractivity contribution < 1.29 is 18.9 Å². The summed E-state index contributed by atoms with van der Waals surface area (Å²) in [7, 11) is 5.17. The average molecular weight is 519 g/mol. The van der Waals surface area contributed by atoms with Crippen molar-refractivity contribution in [2.75, 3.05) is 82.2 Å². The van der Waals surface area contributed by atoms with Gasteiger partial charge >= 0.3 is 0 Å². The maximum atomic E-state index is 6.30. The Morgan fingerprint density at radius 1 is 0.889 bits per heavy atom. The molecule has 0 aromatic heterocycles. The fraction of sp³-hybridized carbons (Fsp3) is 0.520. The highest BCUT2D eigenvalue weighted by Crippen LogP contribution is 2.40. The molecule has 2 aromatic carbocycles. The Bertz CT molecular complexity index is 993. The van der Waals surface area contributed by atoms with Crippen molar-refractivity contribution in [3.8, 4) is 23.0 Å². The number of anilines is 2. The largest absolute Gasteiger partial charge is 0.493 e. The van der Waals surface area contributed by atoms with E-state index in [-0.39, 0.29) is 12.1 Å². The van der Waals surface area contributed by atoms with Crippen molar-refractivity contribution in [1.82, 2.24) is 10.2 Å². The molecule has 198 valence electrons. The summed E-state index contributed by atoms with van der Waals surface area (Å²) in [4.78, 5) is 2.47. The fourth-order valence-electron chi connectivity index (χ4n) is 4.56. The summed E-state index contributed by atoms with van der Waals surface area (Å²) < 4.78 is 22.1. The van der Waals surface area contributed by atoms with Crippen LogP contribution in [0, 0.1) is 0 Å². The molecule has 2 atom stereocenters. The number of fused-ring (bicyclic) bond motifs is 2. The third kappa shape index (κ3) is 5.87. The summed E-state index contributed by atoms with van der Waals surface area (Å²) in [6.45, 7) is 5.18. The summed E-state index contributed by atoms with van der Waals surface area (Å²) in [6, 6.07) is 11.9. The number of nitrogens with one attached hydrogen (secondary N) is 1. The minimum Gasteiger partial charge on any atom is -0.493 e. The first-order valence-corrected chi connectivity index (χ1v) is 13.3. The Labute approximate surface area is 217 Å². The number of likely N-dealkylation sites (N-methyl/N-ethyl adjacent to an activating group) is 1. The molecule has 2 aromatic rings. The number of benzene rings is 2. The number of rotatable bonds is 6. The molecule has 1 saturated heterocycles. The summed E-state index contributed by atoms with van der Waals surface area (Å²) in [6.07, 6.45) is 0. The van der Waals surface area contributed by atoms with Gasteiger partial charge in [-0.05, 0) is 31.3 Å². The lowest BCUT2D eigenvalue weighted by Gasteiger charge is -2.39. The van der Waals surface area contributed by atoms with Crippen molar-refractivity contribution in [1.29, 1.82) is 0 Å². The Morgan fingerprint density at radius 2 is 1.42 bits per heavy atom. The Morgan fingerprint density at radius 3 is 1.94 bits per heavy atom. The second kappa shape index (κ2) is 12.6. The number of hydrogen-bond donors (Lipinski definition) is 3. The minimum atomic E-state index is 0.143. The summed E-state index contributed by atoms with van der Waals surface area (Å²) in [5.74, 6) is 17.7. The summed E-state index contributed by atoms with van der Waals surface area (Å²) in [5.41, 5.74) is 1.78. The molecule has 3 aliphatic rings. The lowest BCUT2D eigenvalue weighted by Crippen LogP contribution is -2.54. The van der Waals surface area contributed by atoms with E-state index in [1.54, 1.807) is 19.2 Å². The first kappa shape index (κ1) is 26.5. The quantitative estimate of drug-likeness (QED) is 0.484. The zero-order chi connectivity index (χ0) is 25.5. The summed E-state index contributed by atoms with van der Waals surface area (Å²) >= 11 is 2.02. The molecule has 3 heterocycles. The van der Waals surface area contributed by atoms with Crippen LogP contribution in [-0.4, -0.2) is 89.1 Å². The maximum Gasteiger partial charge on any atom is 0.185 e. The lowest BCUT2D eigenvalue weighted by molar-refractivity contribution is 0.200. The molecule has 5 N–H and O–H groups in total. The molecule has 11 heteroatoms. The van der Waals surface area contributed by atoms with Gasteiger partial charge in [0.25, 0.3) is 0 Å². The van der Waals surface area contributed by atoms with Crippen molar-refractivity contribution in [2.45, 2.75) is 12.1 Å². The summed E-state index contributed by atoms with van der Waals surface area (Å²) in [5, 5.41) is 6.66. The second-order valence-electron chi connectivity index (χ2n) is 8.83. The molecular weight excluding hydrogens is 480 g/mol. The van der Waals surface area contributed by atoms with Crippen LogP contribution in [0.15, 0.2) is 36.4 Å². The van der Waals surface area contributed by atoms with Gasteiger partial charge in [0.05, 0.1) is 37.7 Å². The van der Waals surface area contributed by atoms with E-state index >= 15 is 0 Å². The third-order valence-electron chi connectivity index (χ3n) is 6.55. The van der Waals surface area contributed by atoms with Gasteiger partial charge in [-0.2, -0.15) is 11.8 Å². The molecule has 10 nitrogen and oxygen atoms in total. The normalized spacial score (nSPS) is 21.2. The van der Waals surface area contributed by atoms with Gasteiger partial charge in [0.1, 0.15) is 13.2 Å². The lowest BCUT2D eigenvalue weighted by atomic mass is 10.1. The smallest absolute Gasteiger partial charge is 0.185 e. The van der Waals surface area contributed by atoms with Gasteiger partial charge in [0.15, 0.2) is 23.0 Å². The molecule has 0 amide bonds. The number of ether oxygens (including phenoxy) is 4. The van der Waals surface area contributed by atoms with Gasteiger partial charge in [-0.25, -0.2) is 11.7 Å². The first-order chi connectivity index (χ1) is 17.6. The van der Waals surface area contributed by atoms with Crippen LogP contribution in [0.3, 0.4) is 0 Å². The number of methoxy groups -OCH3 is 2. The average Bonchev–Trinajstić information content (AvgIpc) is 2.92. The topological polar surface area (TPSA) is 111 Å². The molecule has 2 unspecified atom stereocenters. The van der Waals surface area contributed by atoms with Gasteiger partial charge in [0.2, 0.25) is 0 Å². The number of para-hydroxylation sites is 2. The zero-order valence-corrected chi connectivity index (χ0v) is 22.1. The van der Waals surface area contributed by atoms with E-state index in [4.69, 9.17) is 30.6 Å². The molecule has 3 aliphatic heterocycles. The van der Waals surface area contributed by atoms with Gasteiger partial charge in [-0.3, -0.25) is 14.9 Å². The van der Waals surface area contributed by atoms with E-state index < -0.39 is 0 Å². The third-order valence-corrected chi connectivity index (χ3v) is 7.49. The minimum absolute atomic E-state index is 0.143. The van der Waals surface area contributed by atoms with Crippen molar-refractivity contribution >= 4 is 23.1 Å². The molecule has 5 rings (SSSR count). The standard InChI is InChI=1S/C14H21N3O2S.C11H17N3O2/c1-18-13-4-2-3-12-14(13)19-10-11(17(12)15)9-16-5-7-20-8-6-16;1-13-6-8-7-16-11-9(14(8)12)4-3-5-10(11)15-2/h2-4,11H,5-10,15H2,1H3;3-5,8,13H,6-7,12H2,1-2H3. The Balaban J connectivity index is 0.000000174. The molecule has 0 bridgehead atoms. The van der Waals surface area contributed by atoms with Crippen LogP contribution in [0.25, 0.3) is 0 Å². The Kier molecular flexibility index (Phi) is 9.27. The van der Waals surface area contributed by atoms with E-state index in [1.807, 2.05) is 60.2 Å². The predicted octanol–water partition coefficient (Wildman–Crippen LogP) is 1.54. The predicted molar refractivity (Wildman–Crippen MR) is 146 cm³/mol. The van der Waals surface area contributed by atoms with Gasteiger partial charge in [0, 0.05) is 37.7 Å². The fourth-order valence-corrected chi connectivity index (χ4v) is 5.53. The molecule has 0 radical (unpaired) electrons. The number of nitrogens with zero attached hydrogens (tertiary/aromatic N) is 3. The van der Waals surface area contributed by atoms with Crippen LogP contribution < -0.4 is 46.0 Å². The highest BCUT2D eigenvalue weighted by Gasteiger charge is 2.30. The van der Waals surface area contributed by atoms with Crippen molar-refractivity contribution in [3.05, 3.63) is 36.4 Å². The van der Waals surface area contributed by atoms with Crippen molar-refractivity contribution in [2.24, 2.45) is 11.7 Å². The second-order valence-corrected chi connectivity index (χ2v) is 10.1. The molecular formula is C25H38N6O4S. The molecule has 0 spiro atoms. The van der Waals surface area contributed by atoms with Crippen LogP contribution in [0.2, 0.25) is 0 Å². The Hall–Kier alpha value is -2.57. The van der Waals surface area contributed by atoms with Crippen LogP contribution in [0.4, 0.5) is 11.4 Å². The monoisotopic (exact) mass is 518 g/mol. The van der Waals surface area contributed by atoms with E-state index in [0.717, 1.165) is 60.6 Å². The van der Waals surface area contributed by atoms with Crippen LogP contribution in [0.1, 0.15) is 0 Å². The maximum absolute atomic E-state index is 6.30. The van der Waals surface area contributed by atoms with Crippen LogP contribution in [0.5, 0.6) is 23.0 Å². The van der Waals surface area contributed by atoms with Crippen LogP contribution in [-0.2, 0) is 0 Å². The molecule has 0 aliphatic carbocycles. The van der Waals surface area contributed by atoms with E-state index in [9.17, 15) is 0 Å². The van der Waals surface area contributed by atoms with E-state index in [2.05, 4.69) is 10.2 Å². The number of nitrogens with two attached hydrogens (primary N) is 2. The SMILES string of the molecule is CNCC1COc2c(OC)cccc2N1N.COc1cccc2c1OCC(CN1CCSCC1)N2N. The molecule has 0 saturated carbocycles. The number of hydrazine groups is 2. The number of hydrogen-bond acceptors (Lipinski definition) is 11. The van der Waals surface area contributed by atoms with Crippen molar-refractivity contribution in [3.63, 3.8) is 0 Å². The highest BCUT2D eigenvalue weighted by molar-refractivity contribution is 7.99. The highest BCUT2D eigenvalue weighted by atomic mass is 32.2. The van der Waals surface area contributed by atoms with Gasteiger partial charge in [-0.15, -0.1) is 0 Å². The molecule has 36 heavy (non-hydrogen) atoms. The van der Waals surface area contributed by atoms with Crippen LogP contribution >= 0.6 is 11.8 Å². The zero-order valence-electron chi connectivity index (χ0n) is 21.3. The van der Waals surface area contributed by atoms with E-state index in [0.29, 0.717) is 13.2 Å². The molecule has 1 fully saturated rings. The van der Waals surface area contributed by atoms with E-state index in [1.165, 1.54) is 11.5 Å². The van der Waals surface area contributed by atoms with Gasteiger partial charge < -0.3 is 24.3 Å². The number of thioether (sulfide) groups is 1.